The monoisotopic (exact) mass is 678 g/mol. The number of Topliss-reactive ketones (excluding diaryl/α,β-unsaturated/α-hetero) is 1. The van der Waals surface area contributed by atoms with Crippen molar-refractivity contribution in [3.05, 3.63) is 23.8 Å². The van der Waals surface area contributed by atoms with Crippen molar-refractivity contribution in [3.8, 4) is 0 Å². The van der Waals surface area contributed by atoms with Crippen LogP contribution < -0.4 is 5.23 Å². The van der Waals surface area contributed by atoms with Crippen molar-refractivity contribution in [2.45, 2.75) is 95.9 Å². The summed E-state index contributed by atoms with van der Waals surface area (Å²) in [6.45, 7) is 6.10. The molecule has 47 heavy (non-hydrogen) atoms. The molecule has 0 amide bonds. The molecule has 0 aromatic rings. The van der Waals surface area contributed by atoms with Crippen molar-refractivity contribution in [3.63, 3.8) is 0 Å². The number of fused-ring (bicyclic) bond motifs is 7. The minimum Gasteiger partial charge on any atom is -0.393 e. The van der Waals surface area contributed by atoms with Crippen molar-refractivity contribution < 1.29 is 52.0 Å². The minimum atomic E-state index is -4.70. The van der Waals surface area contributed by atoms with E-state index < -0.39 is 61.2 Å². The third-order valence-corrected chi connectivity index (χ3v) is 12.4. The zero-order valence-corrected chi connectivity index (χ0v) is 29.4. The first-order valence-corrected chi connectivity index (χ1v) is 18.4. The smallest absolute Gasteiger partial charge is 0.393 e. The van der Waals surface area contributed by atoms with Gasteiger partial charge in [0.25, 0.3) is 7.41 Å². The number of carbonyl (C=O) groups is 3. The fraction of sp³-hybridized carbons (Fsp3) is 0.788. The summed E-state index contributed by atoms with van der Waals surface area (Å²) in [5.74, 6) is -0.645. The molecule has 5 aliphatic rings. The number of ketones is 2. The van der Waals surface area contributed by atoms with Gasteiger partial charge in [-0.2, -0.15) is 0 Å². The molecule has 4 aliphatic carbocycles. The second kappa shape index (κ2) is 13.6. The van der Waals surface area contributed by atoms with Crippen LogP contribution >= 0.6 is 7.82 Å². The van der Waals surface area contributed by atoms with Crippen LogP contribution in [0.2, 0.25) is 0 Å². The van der Waals surface area contributed by atoms with Crippen LogP contribution in [0.1, 0.15) is 65.7 Å². The molecule has 1 heterocycles. The minimum absolute atomic E-state index is 0.0291. The maximum atomic E-state index is 14.5. The molecule has 4 fully saturated rings. The maximum Gasteiger partial charge on any atom is 0.473 e. The van der Waals surface area contributed by atoms with Crippen LogP contribution in [0.3, 0.4) is 0 Å². The molecule has 1 saturated heterocycles. The Bertz CT molecular complexity index is 1340. The third-order valence-electron chi connectivity index (χ3n) is 11.4. The second-order valence-electron chi connectivity index (χ2n) is 15.6. The average molecular weight is 679 g/mol. The highest BCUT2D eigenvalue weighted by Gasteiger charge is 2.75. The Morgan fingerprint density at radius 2 is 2.06 bits per heavy atom. The summed E-state index contributed by atoms with van der Waals surface area (Å²) in [5, 5.41) is 14.7. The highest BCUT2D eigenvalue weighted by molar-refractivity contribution is 7.47. The number of hydrogen-bond donors (Lipinski definition) is 3. The number of quaternary nitrogens is 1. The van der Waals surface area contributed by atoms with Gasteiger partial charge in [0, 0.05) is 16.7 Å². The Kier molecular flexibility index (Phi) is 10.7. The number of likely N-dealkylation sites (N-methyl/N-ethyl adjacent to an activating group) is 1. The van der Waals surface area contributed by atoms with Crippen LogP contribution in [-0.2, 0) is 37.5 Å². The zero-order valence-electron chi connectivity index (χ0n) is 28.6. The second-order valence-corrected chi connectivity index (χ2v) is 17.0. The van der Waals surface area contributed by atoms with E-state index in [1.54, 1.807) is 12.2 Å². The lowest BCUT2D eigenvalue weighted by atomic mass is 9.46. The lowest BCUT2D eigenvalue weighted by Crippen LogP contribution is -2.63. The molecule has 1 radical (unpaired) electrons. The molecule has 0 spiro atoms. The first kappa shape index (κ1) is 36.7. The summed E-state index contributed by atoms with van der Waals surface area (Å²) in [6.07, 6.45) is 7.18. The van der Waals surface area contributed by atoms with Crippen molar-refractivity contribution in [2.75, 3.05) is 40.8 Å². The largest absolute Gasteiger partial charge is 0.473 e. The molecule has 1 aliphatic heterocycles. The molecule has 5 rings (SSSR count). The van der Waals surface area contributed by atoms with Gasteiger partial charge in [0.15, 0.2) is 23.5 Å². The van der Waals surface area contributed by atoms with E-state index in [1.165, 1.54) is 7.41 Å². The lowest BCUT2D eigenvalue weighted by Gasteiger charge is -2.59. The highest BCUT2D eigenvalue weighted by atomic mass is 31.2. The topological polar surface area (TPSA) is 158 Å². The number of aliphatic hydroxyl groups is 1. The summed E-state index contributed by atoms with van der Waals surface area (Å²) in [5.41, 5.74) is -1.73. The summed E-state index contributed by atoms with van der Waals surface area (Å²) in [6, 6.07) is 0. The number of nitrogens with one attached hydrogen (secondary N) is 1. The number of rotatable bonds is 15. The van der Waals surface area contributed by atoms with E-state index in [-0.39, 0.29) is 30.0 Å². The zero-order chi connectivity index (χ0) is 34.4. The Morgan fingerprint density at radius 1 is 1.32 bits per heavy atom. The first-order valence-electron chi connectivity index (χ1n) is 16.9. The van der Waals surface area contributed by atoms with Crippen molar-refractivity contribution in [1.29, 1.82) is 0 Å². The Balaban J connectivity index is 1.38. The van der Waals surface area contributed by atoms with Crippen LogP contribution in [-0.4, -0.2) is 111 Å². The van der Waals surface area contributed by atoms with Gasteiger partial charge in [-0.15, -0.1) is 0 Å². The quantitative estimate of drug-likeness (QED) is 0.0770. The number of nitrogens with zero attached hydrogens (tertiary/aromatic N) is 1. The van der Waals surface area contributed by atoms with Gasteiger partial charge < -0.3 is 34.0 Å². The van der Waals surface area contributed by atoms with E-state index >= 15 is 0 Å². The number of phosphoric acid groups is 1. The van der Waals surface area contributed by atoms with Crippen LogP contribution in [0.4, 0.5) is 0 Å². The summed E-state index contributed by atoms with van der Waals surface area (Å²) >= 11 is 0. The van der Waals surface area contributed by atoms with E-state index in [0.717, 1.165) is 24.8 Å². The molecular weight excluding hydrogens is 626 g/mol. The van der Waals surface area contributed by atoms with Crippen molar-refractivity contribution in [1.82, 2.24) is 5.23 Å². The predicted molar refractivity (Wildman–Crippen MR) is 174 cm³/mol. The van der Waals surface area contributed by atoms with Gasteiger partial charge in [0.2, 0.25) is 0 Å². The molecule has 3 saturated carbocycles. The van der Waals surface area contributed by atoms with E-state index in [9.17, 15) is 28.9 Å². The average Bonchev–Trinajstić information content (AvgIpc) is 3.45. The molecule has 0 aromatic heterocycles. The van der Waals surface area contributed by atoms with Crippen LogP contribution in [0, 0.1) is 28.6 Å². The molecule has 11 atom stereocenters. The normalized spacial score (nSPS) is 39.6. The number of phosphoric ester groups is 1. The van der Waals surface area contributed by atoms with Gasteiger partial charge in [-0.3, -0.25) is 18.6 Å². The molecule has 3 N–H and O–H groups in total. The van der Waals surface area contributed by atoms with E-state index in [2.05, 4.69) is 12.2 Å². The summed E-state index contributed by atoms with van der Waals surface area (Å²) in [7, 11) is 2.31. The lowest BCUT2D eigenvalue weighted by molar-refractivity contribution is -0.873. The van der Waals surface area contributed by atoms with Crippen molar-refractivity contribution in [2.24, 2.45) is 28.6 Å². The highest BCUT2D eigenvalue weighted by Crippen LogP contribution is 2.70. The Labute approximate surface area is 279 Å². The molecule has 3 unspecified atom stereocenters. The number of aliphatic hydroxyl groups excluding tert-OH is 1. The molecule has 14 heteroatoms. The molecule has 0 aromatic carbocycles. The van der Waals surface area contributed by atoms with Gasteiger partial charge in [-0.1, -0.05) is 38.8 Å². The maximum absolute atomic E-state index is 14.5. The fourth-order valence-corrected chi connectivity index (χ4v) is 10.5. The number of hydrogen-bond acceptors (Lipinski definition) is 10. The SMILES string of the molecule is CCCC1O[C@@H]2C[C@H]3[C@@H]4CCC5=CC(=O)C=C[C@]5(C)[C@H]4[C@@H](O)C[C@]3(C)[C@]2(C(=O)COP(=O)(O)OC(CCN[B]C=O)C[N+](C)(C)C)O1. The van der Waals surface area contributed by atoms with E-state index in [4.69, 9.17) is 18.5 Å². The van der Waals surface area contributed by atoms with Gasteiger partial charge in [-0.25, -0.2) is 4.57 Å². The van der Waals surface area contributed by atoms with E-state index in [0.29, 0.717) is 43.0 Å². The van der Waals surface area contributed by atoms with Gasteiger partial charge in [0.05, 0.1) is 39.5 Å². The van der Waals surface area contributed by atoms with Crippen LogP contribution in [0.15, 0.2) is 23.8 Å². The third kappa shape index (κ3) is 6.94. The predicted octanol–water partition coefficient (Wildman–Crippen LogP) is 2.72. The van der Waals surface area contributed by atoms with Gasteiger partial charge in [-0.05, 0) is 69.1 Å². The van der Waals surface area contributed by atoms with E-state index in [1.807, 2.05) is 41.1 Å². The number of carbonyl (C=O) groups excluding carboxylic acids is 3. The van der Waals surface area contributed by atoms with Crippen LogP contribution in [0.5, 0.6) is 0 Å². The molecular formula is C33H52BN2O10P+. The van der Waals surface area contributed by atoms with Gasteiger partial charge >= 0.3 is 7.82 Å². The fourth-order valence-electron chi connectivity index (χ4n) is 9.64. The van der Waals surface area contributed by atoms with Gasteiger partial charge in [0.1, 0.15) is 19.3 Å². The number of allylic oxidation sites excluding steroid dienone is 4. The number of ether oxygens (including phenoxy) is 2. The standard InChI is InChI=1S/C33H51BN2O10P/c1-7-8-29-44-28-16-25-24-10-9-21-15-22(38)11-13-31(21,2)30(24)26(39)17-32(25,3)33(28,45-29)27(40)19-43-47(41,42)46-23(18-36(4,5)6)12-14-35-34-20-37/h11,13,15,20,23-26,28-30,35,39H,7-10,12,14,16-19H2,1-6H3/p+1/t23?,24-,25-,26-,28+,29?,30+,31-,32-,33+/m0/s1. The Hall–Kier alpha value is -1.54. The summed E-state index contributed by atoms with van der Waals surface area (Å²) < 4.78 is 37.8. The van der Waals surface area contributed by atoms with Crippen molar-refractivity contribution >= 4 is 33.0 Å². The summed E-state index contributed by atoms with van der Waals surface area (Å²) in [4.78, 5) is 48.1. The molecule has 0 bridgehead atoms. The van der Waals surface area contributed by atoms with Crippen LogP contribution in [0.25, 0.3) is 0 Å². The molecule has 261 valence electrons. The Morgan fingerprint density at radius 3 is 2.74 bits per heavy atom. The molecule has 12 nitrogen and oxygen atoms in total. The first-order chi connectivity index (χ1) is 22.0.